The Bertz CT molecular complexity index is 496. The molecule has 0 atom stereocenters. The SMILES string of the molecule is FC(F)(F)c1cccnc1NCCc1cscn1. The number of anilines is 1. The molecule has 0 aromatic carbocycles. The summed E-state index contributed by atoms with van der Waals surface area (Å²) in [6, 6.07) is 2.28. The number of thiazole rings is 1. The molecule has 0 saturated heterocycles. The van der Waals surface area contributed by atoms with Gasteiger partial charge in [-0.2, -0.15) is 13.2 Å². The van der Waals surface area contributed by atoms with Crippen LogP contribution >= 0.6 is 11.3 Å². The van der Waals surface area contributed by atoms with Crippen LogP contribution in [0.15, 0.2) is 29.2 Å². The van der Waals surface area contributed by atoms with Crippen LogP contribution in [-0.2, 0) is 12.6 Å². The lowest BCUT2D eigenvalue weighted by molar-refractivity contribution is -0.137. The summed E-state index contributed by atoms with van der Waals surface area (Å²) in [6.07, 6.45) is -2.49. The quantitative estimate of drug-likeness (QED) is 0.929. The maximum Gasteiger partial charge on any atom is 0.419 e. The average Bonchev–Trinajstić information content (AvgIpc) is 2.81. The van der Waals surface area contributed by atoms with E-state index in [1.807, 2.05) is 5.38 Å². The van der Waals surface area contributed by atoms with Crippen molar-refractivity contribution < 1.29 is 13.2 Å². The first-order valence-corrected chi connectivity index (χ1v) is 6.15. The van der Waals surface area contributed by atoms with Crippen LogP contribution in [0.5, 0.6) is 0 Å². The van der Waals surface area contributed by atoms with E-state index in [0.717, 1.165) is 11.8 Å². The molecule has 0 aliphatic heterocycles. The van der Waals surface area contributed by atoms with E-state index in [4.69, 9.17) is 0 Å². The second-order valence-electron chi connectivity index (χ2n) is 3.55. The molecule has 2 aromatic heterocycles. The molecule has 0 amide bonds. The van der Waals surface area contributed by atoms with Crippen molar-refractivity contribution in [2.24, 2.45) is 0 Å². The van der Waals surface area contributed by atoms with Crippen LogP contribution in [0, 0.1) is 0 Å². The van der Waals surface area contributed by atoms with Gasteiger partial charge in [0, 0.05) is 24.5 Å². The minimum atomic E-state index is -4.39. The molecular formula is C11H10F3N3S. The lowest BCUT2D eigenvalue weighted by atomic mass is 10.2. The third-order valence-electron chi connectivity index (χ3n) is 2.27. The van der Waals surface area contributed by atoms with Crippen molar-refractivity contribution in [1.82, 2.24) is 9.97 Å². The van der Waals surface area contributed by atoms with Crippen molar-refractivity contribution >= 4 is 17.2 Å². The summed E-state index contributed by atoms with van der Waals surface area (Å²) in [5.41, 5.74) is 1.80. The van der Waals surface area contributed by atoms with Crippen LogP contribution in [0.2, 0.25) is 0 Å². The highest BCUT2D eigenvalue weighted by atomic mass is 32.1. The van der Waals surface area contributed by atoms with Crippen molar-refractivity contribution in [2.75, 3.05) is 11.9 Å². The Hall–Kier alpha value is -1.63. The van der Waals surface area contributed by atoms with Gasteiger partial charge in [0.2, 0.25) is 0 Å². The highest BCUT2D eigenvalue weighted by molar-refractivity contribution is 7.07. The van der Waals surface area contributed by atoms with E-state index >= 15 is 0 Å². The Balaban J connectivity index is 2.01. The predicted molar refractivity (Wildman–Crippen MR) is 63.5 cm³/mol. The topological polar surface area (TPSA) is 37.8 Å². The summed E-state index contributed by atoms with van der Waals surface area (Å²) in [7, 11) is 0. The maximum absolute atomic E-state index is 12.7. The molecule has 0 bridgehead atoms. The van der Waals surface area contributed by atoms with Gasteiger partial charge in [-0.05, 0) is 12.1 Å². The first-order chi connectivity index (χ1) is 8.57. The maximum atomic E-state index is 12.7. The molecular weight excluding hydrogens is 263 g/mol. The lowest BCUT2D eigenvalue weighted by Crippen LogP contribution is -2.14. The smallest absolute Gasteiger partial charge is 0.369 e. The van der Waals surface area contributed by atoms with Crippen molar-refractivity contribution in [1.29, 1.82) is 0 Å². The van der Waals surface area contributed by atoms with Crippen LogP contribution in [0.1, 0.15) is 11.3 Å². The summed E-state index contributed by atoms with van der Waals surface area (Å²) in [4.78, 5) is 7.77. The molecule has 0 saturated carbocycles. The fourth-order valence-corrected chi connectivity index (χ4v) is 2.04. The van der Waals surface area contributed by atoms with Crippen LogP contribution in [0.3, 0.4) is 0 Å². The van der Waals surface area contributed by atoms with E-state index in [1.54, 1.807) is 5.51 Å². The summed E-state index contributed by atoms with van der Waals surface area (Å²) < 4.78 is 38.0. The Morgan fingerprint density at radius 2 is 2.11 bits per heavy atom. The molecule has 2 aromatic rings. The summed E-state index contributed by atoms with van der Waals surface area (Å²) in [5.74, 6) is -0.139. The first kappa shape index (κ1) is 12.8. The Labute approximate surface area is 106 Å². The molecule has 96 valence electrons. The fourth-order valence-electron chi connectivity index (χ4n) is 1.44. The molecule has 18 heavy (non-hydrogen) atoms. The zero-order valence-corrected chi connectivity index (χ0v) is 10.1. The van der Waals surface area contributed by atoms with Gasteiger partial charge in [-0.3, -0.25) is 0 Å². The largest absolute Gasteiger partial charge is 0.419 e. The van der Waals surface area contributed by atoms with Gasteiger partial charge in [-0.25, -0.2) is 9.97 Å². The number of pyridine rings is 1. The monoisotopic (exact) mass is 273 g/mol. The van der Waals surface area contributed by atoms with Gasteiger partial charge in [0.1, 0.15) is 5.82 Å². The van der Waals surface area contributed by atoms with Crippen LogP contribution < -0.4 is 5.32 Å². The highest BCUT2D eigenvalue weighted by Gasteiger charge is 2.33. The van der Waals surface area contributed by atoms with Gasteiger partial charge in [0.05, 0.1) is 16.8 Å². The standard InChI is InChI=1S/C11H10F3N3S/c12-11(13,14)9-2-1-4-15-10(9)16-5-3-8-6-18-7-17-8/h1-2,4,6-7H,3,5H2,(H,15,16). The molecule has 2 heterocycles. The van der Waals surface area contributed by atoms with Gasteiger partial charge in [-0.15, -0.1) is 11.3 Å². The van der Waals surface area contributed by atoms with Gasteiger partial charge in [0.25, 0.3) is 0 Å². The molecule has 0 unspecified atom stereocenters. The predicted octanol–water partition coefficient (Wildman–Crippen LogP) is 3.21. The van der Waals surface area contributed by atoms with Gasteiger partial charge >= 0.3 is 6.18 Å². The van der Waals surface area contributed by atoms with E-state index in [-0.39, 0.29) is 5.82 Å². The molecule has 0 spiro atoms. The molecule has 0 radical (unpaired) electrons. The van der Waals surface area contributed by atoms with E-state index < -0.39 is 11.7 Å². The second kappa shape index (κ2) is 5.34. The third-order valence-corrected chi connectivity index (χ3v) is 2.91. The Morgan fingerprint density at radius 3 is 2.78 bits per heavy atom. The minimum absolute atomic E-state index is 0.139. The molecule has 7 heteroatoms. The lowest BCUT2D eigenvalue weighted by Gasteiger charge is -2.12. The van der Waals surface area contributed by atoms with Crippen molar-refractivity contribution in [3.05, 3.63) is 40.5 Å². The van der Waals surface area contributed by atoms with Crippen LogP contribution in [0.25, 0.3) is 0 Å². The van der Waals surface area contributed by atoms with E-state index in [0.29, 0.717) is 13.0 Å². The Kier molecular flexibility index (Phi) is 3.81. The van der Waals surface area contributed by atoms with Crippen LogP contribution in [0.4, 0.5) is 19.0 Å². The second-order valence-corrected chi connectivity index (χ2v) is 4.27. The molecule has 0 fully saturated rings. The first-order valence-electron chi connectivity index (χ1n) is 5.20. The molecule has 0 aliphatic carbocycles. The normalized spacial score (nSPS) is 11.5. The van der Waals surface area contributed by atoms with Gasteiger partial charge < -0.3 is 5.32 Å². The molecule has 2 rings (SSSR count). The van der Waals surface area contributed by atoms with Crippen molar-refractivity contribution in [2.45, 2.75) is 12.6 Å². The Morgan fingerprint density at radius 1 is 1.28 bits per heavy atom. The van der Waals surface area contributed by atoms with Crippen molar-refractivity contribution in [3.63, 3.8) is 0 Å². The van der Waals surface area contributed by atoms with E-state index in [9.17, 15) is 13.2 Å². The minimum Gasteiger partial charge on any atom is -0.369 e. The number of hydrogen-bond acceptors (Lipinski definition) is 4. The summed E-state index contributed by atoms with van der Waals surface area (Å²) in [5, 5.41) is 4.56. The molecule has 1 N–H and O–H groups in total. The van der Waals surface area contributed by atoms with Gasteiger partial charge in [0.15, 0.2) is 0 Å². The highest BCUT2D eigenvalue weighted by Crippen LogP contribution is 2.33. The molecule has 0 aliphatic rings. The zero-order valence-electron chi connectivity index (χ0n) is 9.24. The van der Waals surface area contributed by atoms with E-state index in [2.05, 4.69) is 15.3 Å². The third kappa shape index (κ3) is 3.19. The summed E-state index contributed by atoms with van der Waals surface area (Å²) in [6.45, 7) is 0.365. The number of nitrogens with one attached hydrogen (secondary N) is 1. The number of nitrogens with zero attached hydrogens (tertiary/aromatic N) is 2. The van der Waals surface area contributed by atoms with E-state index in [1.165, 1.54) is 23.6 Å². The number of aromatic nitrogens is 2. The average molecular weight is 273 g/mol. The molecule has 3 nitrogen and oxygen atoms in total. The van der Waals surface area contributed by atoms with Gasteiger partial charge in [-0.1, -0.05) is 0 Å². The number of rotatable bonds is 4. The number of hydrogen-bond donors (Lipinski definition) is 1. The number of halogens is 3. The zero-order chi connectivity index (χ0) is 13.0. The number of alkyl halides is 3. The summed E-state index contributed by atoms with van der Waals surface area (Å²) >= 11 is 1.46. The van der Waals surface area contributed by atoms with Crippen LogP contribution in [-0.4, -0.2) is 16.5 Å². The fraction of sp³-hybridized carbons (Fsp3) is 0.273. The van der Waals surface area contributed by atoms with Crippen molar-refractivity contribution in [3.8, 4) is 0 Å².